The van der Waals surface area contributed by atoms with Crippen molar-refractivity contribution in [2.75, 3.05) is 39.8 Å². The number of rotatable bonds is 6. The number of ether oxygens (including phenoxy) is 1. The van der Waals surface area contributed by atoms with Crippen LogP contribution in [0.5, 0.6) is 5.75 Å². The van der Waals surface area contributed by atoms with Crippen molar-refractivity contribution >= 4 is 10.0 Å². The molecule has 3 rings (SSSR count). The molecule has 0 aliphatic carbocycles. The molecule has 1 fully saturated rings. The van der Waals surface area contributed by atoms with Crippen molar-refractivity contribution in [1.82, 2.24) is 9.21 Å². The summed E-state index contributed by atoms with van der Waals surface area (Å²) in [5.41, 5.74) is 1.20. The Hall–Kier alpha value is -1.96. The Balaban J connectivity index is 1.54. The molecule has 0 unspecified atom stereocenters. The minimum atomic E-state index is -3.55. The van der Waals surface area contributed by atoms with E-state index in [-0.39, 0.29) is 4.90 Å². The van der Waals surface area contributed by atoms with Gasteiger partial charge in [0, 0.05) is 32.7 Å². The van der Waals surface area contributed by atoms with E-state index in [2.05, 4.69) is 11.0 Å². The molecule has 26 heavy (non-hydrogen) atoms. The molecule has 0 spiro atoms. The van der Waals surface area contributed by atoms with Gasteiger partial charge in [0.25, 0.3) is 0 Å². The molecule has 1 aliphatic heterocycles. The zero-order valence-electron chi connectivity index (χ0n) is 14.8. The van der Waals surface area contributed by atoms with Gasteiger partial charge in [0.1, 0.15) is 11.6 Å². The molecule has 7 heteroatoms. The summed E-state index contributed by atoms with van der Waals surface area (Å²) in [6.45, 7) is 3.13. The van der Waals surface area contributed by atoms with E-state index in [1.807, 2.05) is 18.2 Å². The minimum Gasteiger partial charge on any atom is -0.497 e. The van der Waals surface area contributed by atoms with Gasteiger partial charge in [0.2, 0.25) is 10.0 Å². The predicted molar refractivity (Wildman–Crippen MR) is 98.3 cm³/mol. The molecule has 0 amide bonds. The predicted octanol–water partition coefficient (Wildman–Crippen LogP) is 2.38. The van der Waals surface area contributed by atoms with E-state index >= 15 is 0 Å². The highest BCUT2D eigenvalue weighted by atomic mass is 32.2. The van der Waals surface area contributed by atoms with Crippen LogP contribution in [0, 0.1) is 5.82 Å². The van der Waals surface area contributed by atoms with Crippen LogP contribution in [0.3, 0.4) is 0 Å². The first-order valence-electron chi connectivity index (χ1n) is 8.60. The summed E-state index contributed by atoms with van der Waals surface area (Å²) < 4.78 is 45.0. The van der Waals surface area contributed by atoms with Crippen molar-refractivity contribution in [2.24, 2.45) is 0 Å². The second-order valence-corrected chi connectivity index (χ2v) is 8.24. The van der Waals surface area contributed by atoms with Crippen LogP contribution in [0.15, 0.2) is 53.4 Å². The van der Waals surface area contributed by atoms with Gasteiger partial charge in [-0.2, -0.15) is 4.31 Å². The van der Waals surface area contributed by atoms with Crippen LogP contribution in [-0.4, -0.2) is 57.5 Å². The SMILES string of the molecule is COc1cccc(CCN2CCN(S(=O)(=O)c3ccc(F)cc3)CC2)c1. The zero-order chi connectivity index (χ0) is 18.6. The van der Waals surface area contributed by atoms with E-state index in [0.717, 1.165) is 18.7 Å². The quantitative estimate of drug-likeness (QED) is 0.775. The van der Waals surface area contributed by atoms with Crippen molar-refractivity contribution in [1.29, 1.82) is 0 Å². The van der Waals surface area contributed by atoms with Crippen molar-refractivity contribution < 1.29 is 17.5 Å². The number of hydrogen-bond acceptors (Lipinski definition) is 4. The van der Waals surface area contributed by atoms with Gasteiger partial charge in [-0.1, -0.05) is 12.1 Å². The van der Waals surface area contributed by atoms with E-state index in [0.29, 0.717) is 26.2 Å². The zero-order valence-corrected chi connectivity index (χ0v) is 15.6. The van der Waals surface area contributed by atoms with Crippen LogP contribution < -0.4 is 4.74 Å². The van der Waals surface area contributed by atoms with Crippen LogP contribution in [0.25, 0.3) is 0 Å². The second-order valence-electron chi connectivity index (χ2n) is 6.30. The monoisotopic (exact) mass is 378 g/mol. The first-order chi connectivity index (χ1) is 12.5. The van der Waals surface area contributed by atoms with Gasteiger partial charge in [-0.15, -0.1) is 0 Å². The number of hydrogen-bond donors (Lipinski definition) is 0. The Bertz CT molecular complexity index is 832. The lowest BCUT2D eigenvalue weighted by Crippen LogP contribution is -2.48. The molecule has 0 aromatic heterocycles. The van der Waals surface area contributed by atoms with Crippen LogP contribution in [0.2, 0.25) is 0 Å². The highest BCUT2D eigenvalue weighted by Crippen LogP contribution is 2.19. The standard InChI is InChI=1S/C19H23FN2O3S/c1-25-18-4-2-3-16(15-18)9-10-21-11-13-22(14-12-21)26(23,24)19-7-5-17(20)6-8-19/h2-8,15H,9-14H2,1H3. The van der Waals surface area contributed by atoms with E-state index < -0.39 is 15.8 Å². The van der Waals surface area contributed by atoms with Crippen molar-refractivity contribution in [3.8, 4) is 5.75 Å². The van der Waals surface area contributed by atoms with Gasteiger partial charge in [-0.25, -0.2) is 12.8 Å². The van der Waals surface area contributed by atoms with E-state index in [4.69, 9.17) is 4.74 Å². The fraction of sp³-hybridized carbons (Fsp3) is 0.368. The van der Waals surface area contributed by atoms with E-state index in [1.54, 1.807) is 7.11 Å². The molecule has 2 aromatic rings. The van der Waals surface area contributed by atoms with Crippen molar-refractivity contribution in [2.45, 2.75) is 11.3 Å². The van der Waals surface area contributed by atoms with Gasteiger partial charge in [0.05, 0.1) is 12.0 Å². The van der Waals surface area contributed by atoms with Crippen molar-refractivity contribution in [3.05, 3.63) is 59.9 Å². The molecule has 1 saturated heterocycles. The summed E-state index contributed by atoms with van der Waals surface area (Å²) in [7, 11) is -1.90. The number of benzene rings is 2. The largest absolute Gasteiger partial charge is 0.497 e. The third-order valence-electron chi connectivity index (χ3n) is 4.63. The van der Waals surface area contributed by atoms with Crippen LogP contribution in [0.1, 0.15) is 5.56 Å². The Kier molecular flexibility index (Phi) is 5.90. The lowest BCUT2D eigenvalue weighted by Gasteiger charge is -2.34. The summed E-state index contributed by atoms with van der Waals surface area (Å²) in [5.74, 6) is 0.407. The second kappa shape index (κ2) is 8.16. The normalized spacial score (nSPS) is 16.5. The average Bonchev–Trinajstić information content (AvgIpc) is 2.67. The Morgan fingerprint density at radius 2 is 1.73 bits per heavy atom. The maximum atomic E-state index is 13.0. The van der Waals surface area contributed by atoms with Gasteiger partial charge in [-0.3, -0.25) is 0 Å². The maximum Gasteiger partial charge on any atom is 0.243 e. The summed E-state index contributed by atoms with van der Waals surface area (Å²) in [4.78, 5) is 2.40. The highest BCUT2D eigenvalue weighted by molar-refractivity contribution is 7.89. The molecule has 1 aliphatic rings. The number of halogens is 1. The van der Waals surface area contributed by atoms with Gasteiger partial charge < -0.3 is 9.64 Å². The van der Waals surface area contributed by atoms with Crippen LogP contribution >= 0.6 is 0 Å². The molecule has 0 atom stereocenters. The molecule has 2 aromatic carbocycles. The summed E-state index contributed by atoms with van der Waals surface area (Å²) >= 11 is 0. The van der Waals surface area contributed by atoms with E-state index in [9.17, 15) is 12.8 Å². The summed E-state index contributed by atoms with van der Waals surface area (Å²) in [6.07, 6.45) is 0.891. The fourth-order valence-corrected chi connectivity index (χ4v) is 4.49. The molecule has 1 heterocycles. The first kappa shape index (κ1) is 18.8. The first-order valence-corrected chi connectivity index (χ1v) is 10.0. The van der Waals surface area contributed by atoms with Crippen molar-refractivity contribution in [3.63, 3.8) is 0 Å². The molecule has 140 valence electrons. The van der Waals surface area contributed by atoms with Gasteiger partial charge >= 0.3 is 0 Å². The summed E-state index contributed by atoms with van der Waals surface area (Å²) in [6, 6.07) is 13.0. The smallest absolute Gasteiger partial charge is 0.243 e. The molecular formula is C19H23FN2O3S. The van der Waals surface area contributed by atoms with Gasteiger partial charge in [-0.05, 0) is 48.4 Å². The number of sulfonamides is 1. The molecule has 5 nitrogen and oxygen atoms in total. The fourth-order valence-electron chi connectivity index (χ4n) is 3.06. The minimum absolute atomic E-state index is 0.142. The maximum absolute atomic E-state index is 13.0. The topological polar surface area (TPSA) is 49.9 Å². The molecule has 0 radical (unpaired) electrons. The summed E-state index contributed by atoms with van der Waals surface area (Å²) in [5, 5.41) is 0. The lowest BCUT2D eigenvalue weighted by molar-refractivity contribution is 0.190. The van der Waals surface area contributed by atoms with E-state index in [1.165, 1.54) is 34.1 Å². The molecular weight excluding hydrogens is 355 g/mol. The Morgan fingerprint density at radius 3 is 2.38 bits per heavy atom. The lowest BCUT2D eigenvalue weighted by atomic mass is 10.1. The van der Waals surface area contributed by atoms with Crippen LogP contribution in [-0.2, 0) is 16.4 Å². The number of nitrogens with zero attached hydrogens (tertiary/aromatic N) is 2. The average molecular weight is 378 g/mol. The van der Waals surface area contributed by atoms with Gasteiger partial charge in [0.15, 0.2) is 0 Å². The molecule has 0 N–H and O–H groups in total. The van der Waals surface area contributed by atoms with Crippen LogP contribution in [0.4, 0.5) is 4.39 Å². The number of methoxy groups -OCH3 is 1. The number of piperazine rings is 1. The molecule has 0 saturated carbocycles. The third-order valence-corrected chi connectivity index (χ3v) is 6.55. The molecule has 0 bridgehead atoms. The third kappa shape index (κ3) is 4.41. The highest BCUT2D eigenvalue weighted by Gasteiger charge is 2.28. The Morgan fingerprint density at radius 1 is 1.04 bits per heavy atom. The Labute approximate surface area is 154 Å².